The minimum atomic E-state index is 0. The third-order valence-electron chi connectivity index (χ3n) is 4.56. The zero-order chi connectivity index (χ0) is 18.8. The van der Waals surface area contributed by atoms with Crippen molar-refractivity contribution in [3.05, 3.63) is 24.3 Å². The van der Waals surface area contributed by atoms with Gasteiger partial charge >= 0.3 is 0 Å². The fraction of sp³-hybridized carbons (Fsp3) is 0.632. The third-order valence-corrected chi connectivity index (χ3v) is 4.56. The Kier molecular flexibility index (Phi) is 11.5. The molecule has 1 aromatic rings. The Morgan fingerprint density at radius 3 is 2.56 bits per heavy atom. The topological polar surface area (TPSA) is 63.6 Å². The van der Waals surface area contributed by atoms with Crippen LogP contribution in [0.3, 0.4) is 0 Å². The zero-order valence-electron chi connectivity index (χ0n) is 16.7. The second kappa shape index (κ2) is 13.0. The van der Waals surface area contributed by atoms with E-state index in [9.17, 15) is 5.11 Å². The molecular weight excluding hydrogens is 457 g/mol. The van der Waals surface area contributed by atoms with Crippen molar-refractivity contribution in [1.82, 2.24) is 15.1 Å². The molecule has 0 unspecified atom stereocenters. The number of nitrogens with zero attached hydrogens (tertiary/aromatic N) is 4. The summed E-state index contributed by atoms with van der Waals surface area (Å²) in [6.45, 7) is 9.82. The van der Waals surface area contributed by atoms with Crippen molar-refractivity contribution in [2.45, 2.75) is 6.92 Å². The number of anilines is 1. The molecule has 0 saturated carbocycles. The van der Waals surface area contributed by atoms with E-state index >= 15 is 0 Å². The molecule has 7 nitrogen and oxygen atoms in total. The summed E-state index contributed by atoms with van der Waals surface area (Å²) in [6, 6.07) is 7.54. The van der Waals surface area contributed by atoms with Gasteiger partial charge in [0.2, 0.25) is 0 Å². The number of phenolic OH excluding ortho intramolecular Hbond substituents is 1. The summed E-state index contributed by atoms with van der Waals surface area (Å²) in [5.74, 6) is 1.32. The van der Waals surface area contributed by atoms with Crippen LogP contribution in [0.4, 0.5) is 5.69 Å². The monoisotopic (exact) mass is 491 g/mol. The number of hydrogen-bond donors (Lipinski definition) is 2. The number of ether oxygens (including phenoxy) is 1. The number of aliphatic imine (C=N–C) groups is 1. The Balaban J connectivity index is 0.00000364. The number of aromatic hydroxyl groups is 1. The second-order valence-electron chi connectivity index (χ2n) is 6.49. The maximum atomic E-state index is 10.0. The van der Waals surface area contributed by atoms with E-state index in [1.807, 2.05) is 18.2 Å². The summed E-state index contributed by atoms with van der Waals surface area (Å²) in [5.41, 5.74) is 0.911. The van der Waals surface area contributed by atoms with Gasteiger partial charge in [-0.25, -0.2) is 0 Å². The Bertz CT molecular complexity index is 565. The number of hydrogen-bond acceptors (Lipinski definition) is 5. The number of likely N-dealkylation sites (N-methyl/N-ethyl adjacent to an activating group) is 1. The van der Waals surface area contributed by atoms with Crippen molar-refractivity contribution >= 4 is 35.6 Å². The molecule has 154 valence electrons. The first-order valence-corrected chi connectivity index (χ1v) is 9.39. The van der Waals surface area contributed by atoms with Crippen LogP contribution in [0.5, 0.6) is 5.75 Å². The smallest absolute Gasteiger partial charge is 0.194 e. The van der Waals surface area contributed by atoms with Crippen LogP contribution >= 0.6 is 24.0 Å². The molecule has 0 aliphatic carbocycles. The first kappa shape index (κ1) is 23.8. The molecule has 1 saturated heterocycles. The fourth-order valence-electron chi connectivity index (χ4n) is 3.00. The number of phenols is 1. The highest BCUT2D eigenvalue weighted by molar-refractivity contribution is 14.0. The minimum Gasteiger partial charge on any atom is -0.506 e. The highest BCUT2D eigenvalue weighted by atomic mass is 127. The standard InChI is InChI=1S/C19H33N5O2.HI/c1-4-20-19(21-9-10-22(2)15-16-26-3)24-13-11-23(12-14-24)17-7-5-6-8-18(17)25;/h5-8,25H,4,9-16H2,1-3H3,(H,20,21);1H. The van der Waals surface area contributed by atoms with Gasteiger partial charge in [0.1, 0.15) is 5.75 Å². The first-order valence-electron chi connectivity index (χ1n) is 9.39. The highest BCUT2D eigenvalue weighted by Crippen LogP contribution is 2.27. The number of halogens is 1. The highest BCUT2D eigenvalue weighted by Gasteiger charge is 2.21. The number of guanidine groups is 1. The lowest BCUT2D eigenvalue weighted by Gasteiger charge is -2.38. The average molecular weight is 491 g/mol. The van der Waals surface area contributed by atoms with Gasteiger partial charge in [0, 0.05) is 52.9 Å². The van der Waals surface area contributed by atoms with Gasteiger partial charge in [-0.1, -0.05) is 12.1 Å². The van der Waals surface area contributed by atoms with Gasteiger partial charge in [0.05, 0.1) is 18.8 Å². The molecule has 0 amide bonds. The van der Waals surface area contributed by atoms with Crippen LogP contribution in [-0.4, -0.2) is 94.0 Å². The van der Waals surface area contributed by atoms with Crippen molar-refractivity contribution in [1.29, 1.82) is 0 Å². The van der Waals surface area contributed by atoms with E-state index in [4.69, 9.17) is 9.73 Å². The van der Waals surface area contributed by atoms with Gasteiger partial charge in [-0.2, -0.15) is 0 Å². The number of nitrogens with one attached hydrogen (secondary N) is 1. The van der Waals surface area contributed by atoms with Crippen LogP contribution in [0.1, 0.15) is 6.92 Å². The van der Waals surface area contributed by atoms with Gasteiger partial charge < -0.3 is 29.9 Å². The fourth-order valence-corrected chi connectivity index (χ4v) is 3.00. The number of methoxy groups -OCH3 is 1. The maximum Gasteiger partial charge on any atom is 0.194 e. The molecule has 0 spiro atoms. The van der Waals surface area contributed by atoms with Crippen molar-refractivity contribution in [3.8, 4) is 5.75 Å². The van der Waals surface area contributed by atoms with Crippen molar-refractivity contribution in [3.63, 3.8) is 0 Å². The predicted molar refractivity (Wildman–Crippen MR) is 123 cm³/mol. The largest absolute Gasteiger partial charge is 0.506 e. The Labute approximate surface area is 180 Å². The summed E-state index contributed by atoms with van der Waals surface area (Å²) in [4.78, 5) is 11.5. The Hall–Kier alpha value is -1.26. The van der Waals surface area contributed by atoms with Gasteiger partial charge in [-0.15, -0.1) is 24.0 Å². The molecule has 0 atom stereocenters. The van der Waals surface area contributed by atoms with E-state index in [0.29, 0.717) is 5.75 Å². The number of rotatable bonds is 8. The van der Waals surface area contributed by atoms with E-state index in [0.717, 1.165) is 70.6 Å². The molecule has 27 heavy (non-hydrogen) atoms. The van der Waals surface area contributed by atoms with Crippen molar-refractivity contribution in [2.75, 3.05) is 78.0 Å². The molecule has 1 heterocycles. The molecule has 0 bridgehead atoms. The minimum absolute atomic E-state index is 0. The van der Waals surface area contributed by atoms with Crippen LogP contribution in [0.15, 0.2) is 29.3 Å². The van der Waals surface area contributed by atoms with Crippen LogP contribution in [0.25, 0.3) is 0 Å². The Morgan fingerprint density at radius 1 is 1.22 bits per heavy atom. The molecule has 1 aliphatic rings. The van der Waals surface area contributed by atoms with E-state index in [1.54, 1.807) is 13.2 Å². The van der Waals surface area contributed by atoms with Crippen LogP contribution in [-0.2, 0) is 4.74 Å². The molecular formula is C19H34IN5O2. The second-order valence-corrected chi connectivity index (χ2v) is 6.49. The molecule has 2 rings (SSSR count). The van der Waals surface area contributed by atoms with E-state index in [2.05, 4.69) is 34.0 Å². The number of piperazine rings is 1. The van der Waals surface area contributed by atoms with Crippen molar-refractivity contribution in [2.24, 2.45) is 4.99 Å². The summed E-state index contributed by atoms with van der Waals surface area (Å²) < 4.78 is 5.11. The van der Waals surface area contributed by atoms with Gasteiger partial charge in [0.25, 0.3) is 0 Å². The average Bonchev–Trinajstić information content (AvgIpc) is 2.66. The maximum absolute atomic E-state index is 10.0. The van der Waals surface area contributed by atoms with E-state index in [-0.39, 0.29) is 24.0 Å². The lowest BCUT2D eigenvalue weighted by atomic mass is 10.2. The van der Waals surface area contributed by atoms with E-state index in [1.165, 1.54) is 0 Å². The summed E-state index contributed by atoms with van der Waals surface area (Å²) in [7, 11) is 3.82. The normalized spacial score (nSPS) is 15.0. The lowest BCUT2D eigenvalue weighted by Crippen LogP contribution is -2.52. The predicted octanol–water partition coefficient (Wildman–Crippen LogP) is 1.68. The van der Waals surface area contributed by atoms with Crippen LogP contribution in [0, 0.1) is 0 Å². The van der Waals surface area contributed by atoms with Gasteiger partial charge in [0.15, 0.2) is 5.96 Å². The van der Waals surface area contributed by atoms with Gasteiger partial charge in [-0.05, 0) is 26.1 Å². The molecule has 0 radical (unpaired) electrons. The molecule has 1 aliphatic heterocycles. The van der Waals surface area contributed by atoms with Gasteiger partial charge in [-0.3, -0.25) is 4.99 Å². The number of benzene rings is 1. The Morgan fingerprint density at radius 2 is 1.93 bits per heavy atom. The van der Waals surface area contributed by atoms with Crippen molar-refractivity contribution < 1.29 is 9.84 Å². The molecule has 1 aromatic carbocycles. The zero-order valence-corrected chi connectivity index (χ0v) is 19.1. The van der Waals surface area contributed by atoms with Crippen LogP contribution < -0.4 is 10.2 Å². The first-order chi connectivity index (χ1) is 12.7. The summed E-state index contributed by atoms with van der Waals surface area (Å²) in [6.07, 6.45) is 0. The van der Waals surface area contributed by atoms with E-state index < -0.39 is 0 Å². The van der Waals surface area contributed by atoms with Crippen LogP contribution in [0.2, 0.25) is 0 Å². The number of para-hydroxylation sites is 2. The summed E-state index contributed by atoms with van der Waals surface area (Å²) >= 11 is 0. The summed E-state index contributed by atoms with van der Waals surface area (Å²) in [5, 5.41) is 13.4. The lowest BCUT2D eigenvalue weighted by molar-refractivity contribution is 0.163. The SMILES string of the molecule is CCNC(=NCCN(C)CCOC)N1CCN(c2ccccc2O)CC1.I. The molecule has 0 aromatic heterocycles. The molecule has 8 heteroatoms. The molecule has 2 N–H and O–H groups in total. The molecule has 1 fully saturated rings. The quantitative estimate of drug-likeness (QED) is 0.328. The third kappa shape index (κ3) is 7.71.